The molecule has 94 valence electrons. The smallest absolute Gasteiger partial charge is 0.129 e. The molecule has 6 heteroatoms. The number of aryl methyl sites for hydroxylation is 1. The molecule has 3 nitrogen and oxygen atoms in total. The quantitative estimate of drug-likeness (QED) is 0.914. The molecule has 2 aromatic rings. The maximum atomic E-state index is 6.11. The molecule has 0 radical (unpaired) electrons. The van der Waals surface area contributed by atoms with Crippen LogP contribution in [0.1, 0.15) is 17.4 Å². The van der Waals surface area contributed by atoms with Gasteiger partial charge >= 0.3 is 0 Å². The van der Waals surface area contributed by atoms with Crippen molar-refractivity contribution < 1.29 is 0 Å². The molecule has 2 rings (SSSR count). The lowest BCUT2D eigenvalue weighted by molar-refractivity contribution is 0.717. The zero-order chi connectivity index (χ0) is 10.8. The highest BCUT2D eigenvalue weighted by Gasteiger charge is 2.12. The van der Waals surface area contributed by atoms with Crippen LogP contribution in [0.15, 0.2) is 41.1 Å². The van der Waals surface area contributed by atoms with Gasteiger partial charge in [-0.25, -0.2) is 4.98 Å². The summed E-state index contributed by atoms with van der Waals surface area (Å²) in [6.07, 6.45) is 3.65. The SMILES string of the molecule is Cl.Cl.Cn1ccnc1C(N)c1ccc(Br)cc1. The zero-order valence-electron chi connectivity index (χ0n) is 9.21. The molecular weight excluding hydrogens is 325 g/mol. The number of aromatic nitrogens is 2. The normalized spacial score (nSPS) is 11.2. The highest BCUT2D eigenvalue weighted by atomic mass is 79.9. The average molecular weight is 339 g/mol. The van der Waals surface area contributed by atoms with Crippen LogP contribution in [0.4, 0.5) is 0 Å². The molecule has 0 bridgehead atoms. The molecule has 1 aromatic carbocycles. The Morgan fingerprint density at radius 3 is 2.29 bits per heavy atom. The van der Waals surface area contributed by atoms with Crippen LogP contribution >= 0.6 is 40.7 Å². The predicted molar refractivity (Wildman–Crippen MR) is 77.9 cm³/mol. The molecule has 1 atom stereocenters. The summed E-state index contributed by atoms with van der Waals surface area (Å²) < 4.78 is 2.99. The summed E-state index contributed by atoms with van der Waals surface area (Å²) in [6, 6.07) is 7.81. The minimum absolute atomic E-state index is 0. The largest absolute Gasteiger partial charge is 0.336 e. The molecule has 17 heavy (non-hydrogen) atoms. The van der Waals surface area contributed by atoms with E-state index in [1.807, 2.05) is 42.1 Å². The summed E-state index contributed by atoms with van der Waals surface area (Å²) in [5.41, 5.74) is 7.18. The highest BCUT2D eigenvalue weighted by molar-refractivity contribution is 9.10. The van der Waals surface area contributed by atoms with Crippen molar-refractivity contribution in [3.8, 4) is 0 Å². The van der Waals surface area contributed by atoms with Crippen LogP contribution < -0.4 is 5.73 Å². The second kappa shape index (κ2) is 7.01. The second-order valence-corrected chi connectivity index (χ2v) is 4.34. The van der Waals surface area contributed by atoms with Gasteiger partial charge in [-0.3, -0.25) is 0 Å². The summed E-state index contributed by atoms with van der Waals surface area (Å²) in [5, 5.41) is 0. The third kappa shape index (κ3) is 3.71. The van der Waals surface area contributed by atoms with Crippen molar-refractivity contribution in [2.24, 2.45) is 12.8 Å². The van der Waals surface area contributed by atoms with Gasteiger partial charge in [0, 0.05) is 23.9 Å². The van der Waals surface area contributed by atoms with E-state index in [9.17, 15) is 0 Å². The van der Waals surface area contributed by atoms with Crippen molar-refractivity contribution in [2.45, 2.75) is 6.04 Å². The Hall–Kier alpha value is -0.550. The van der Waals surface area contributed by atoms with E-state index in [0.29, 0.717) is 0 Å². The minimum Gasteiger partial charge on any atom is -0.336 e. The number of hydrogen-bond acceptors (Lipinski definition) is 2. The fraction of sp³-hybridized carbons (Fsp3) is 0.182. The van der Waals surface area contributed by atoms with Crippen molar-refractivity contribution in [1.29, 1.82) is 0 Å². The summed E-state index contributed by atoms with van der Waals surface area (Å²) in [4.78, 5) is 4.24. The van der Waals surface area contributed by atoms with Crippen molar-refractivity contribution in [3.63, 3.8) is 0 Å². The van der Waals surface area contributed by atoms with Gasteiger partial charge in [0.05, 0.1) is 6.04 Å². The van der Waals surface area contributed by atoms with Crippen molar-refractivity contribution in [2.75, 3.05) is 0 Å². The Labute approximate surface area is 121 Å². The van der Waals surface area contributed by atoms with Gasteiger partial charge in [-0.1, -0.05) is 28.1 Å². The zero-order valence-corrected chi connectivity index (χ0v) is 12.4. The van der Waals surface area contributed by atoms with Crippen LogP contribution in [0.2, 0.25) is 0 Å². The molecule has 0 saturated carbocycles. The van der Waals surface area contributed by atoms with Gasteiger partial charge in [0.25, 0.3) is 0 Å². The van der Waals surface area contributed by atoms with E-state index >= 15 is 0 Å². The van der Waals surface area contributed by atoms with E-state index in [1.54, 1.807) is 6.20 Å². The second-order valence-electron chi connectivity index (χ2n) is 3.43. The van der Waals surface area contributed by atoms with Crippen molar-refractivity contribution in [1.82, 2.24) is 9.55 Å². The van der Waals surface area contributed by atoms with Crippen LogP contribution in [-0.4, -0.2) is 9.55 Å². The van der Waals surface area contributed by atoms with E-state index in [4.69, 9.17) is 5.73 Å². The molecule has 1 unspecified atom stereocenters. The van der Waals surface area contributed by atoms with E-state index < -0.39 is 0 Å². The van der Waals surface area contributed by atoms with Gasteiger partial charge in [0.1, 0.15) is 5.82 Å². The number of halogens is 3. The molecule has 0 aliphatic heterocycles. The number of benzene rings is 1. The Morgan fingerprint density at radius 1 is 1.24 bits per heavy atom. The van der Waals surface area contributed by atoms with Gasteiger partial charge in [0.15, 0.2) is 0 Å². The van der Waals surface area contributed by atoms with Crippen molar-refractivity contribution in [3.05, 3.63) is 52.5 Å². The molecule has 1 aromatic heterocycles. The first-order valence-electron chi connectivity index (χ1n) is 4.67. The van der Waals surface area contributed by atoms with Gasteiger partial charge < -0.3 is 10.3 Å². The average Bonchev–Trinajstić information content (AvgIpc) is 2.65. The summed E-state index contributed by atoms with van der Waals surface area (Å²) >= 11 is 3.40. The van der Waals surface area contributed by atoms with Crippen LogP contribution in [0, 0.1) is 0 Å². The van der Waals surface area contributed by atoms with Gasteiger partial charge in [-0.2, -0.15) is 0 Å². The fourth-order valence-corrected chi connectivity index (χ4v) is 1.76. The van der Waals surface area contributed by atoms with Crippen LogP contribution in [-0.2, 0) is 7.05 Å². The van der Waals surface area contributed by atoms with Gasteiger partial charge in [0.2, 0.25) is 0 Å². The maximum absolute atomic E-state index is 6.11. The van der Waals surface area contributed by atoms with E-state index in [0.717, 1.165) is 15.9 Å². The van der Waals surface area contributed by atoms with E-state index in [-0.39, 0.29) is 30.9 Å². The lowest BCUT2D eigenvalue weighted by atomic mass is 10.1. The Kier molecular flexibility index (Phi) is 6.78. The van der Waals surface area contributed by atoms with Gasteiger partial charge in [-0.05, 0) is 17.7 Å². The number of hydrogen-bond donors (Lipinski definition) is 1. The molecule has 0 aliphatic carbocycles. The molecule has 1 heterocycles. The lowest BCUT2D eigenvalue weighted by Crippen LogP contribution is -2.16. The van der Waals surface area contributed by atoms with Crippen LogP contribution in [0.3, 0.4) is 0 Å². The monoisotopic (exact) mass is 337 g/mol. The summed E-state index contributed by atoms with van der Waals surface area (Å²) in [5.74, 6) is 0.873. The number of imidazole rings is 1. The number of rotatable bonds is 2. The molecule has 0 saturated heterocycles. The van der Waals surface area contributed by atoms with Crippen LogP contribution in [0.5, 0.6) is 0 Å². The lowest BCUT2D eigenvalue weighted by Gasteiger charge is -2.11. The summed E-state index contributed by atoms with van der Waals surface area (Å²) in [6.45, 7) is 0. The summed E-state index contributed by atoms with van der Waals surface area (Å²) in [7, 11) is 1.95. The van der Waals surface area contributed by atoms with Gasteiger partial charge in [-0.15, -0.1) is 24.8 Å². The molecule has 0 aliphatic rings. The first-order valence-corrected chi connectivity index (χ1v) is 5.46. The third-order valence-corrected chi connectivity index (χ3v) is 2.89. The highest BCUT2D eigenvalue weighted by Crippen LogP contribution is 2.19. The Morgan fingerprint density at radius 2 is 1.82 bits per heavy atom. The molecule has 0 spiro atoms. The maximum Gasteiger partial charge on any atom is 0.129 e. The standard InChI is InChI=1S/C11H12BrN3.2ClH/c1-15-7-6-14-11(15)10(13)8-2-4-9(12)5-3-8;;/h2-7,10H,13H2,1H3;2*1H. The molecule has 0 amide bonds. The number of nitrogens with zero attached hydrogens (tertiary/aromatic N) is 2. The topological polar surface area (TPSA) is 43.8 Å². The van der Waals surface area contributed by atoms with Crippen LogP contribution in [0.25, 0.3) is 0 Å². The number of nitrogens with two attached hydrogens (primary N) is 1. The third-order valence-electron chi connectivity index (χ3n) is 2.37. The molecule has 0 fully saturated rings. The fourth-order valence-electron chi connectivity index (χ4n) is 1.50. The first kappa shape index (κ1) is 16.4. The van der Waals surface area contributed by atoms with Crippen molar-refractivity contribution >= 4 is 40.7 Å². The Balaban J connectivity index is 0.00000128. The first-order chi connectivity index (χ1) is 7.18. The molecular formula is C11H14BrCl2N3. The minimum atomic E-state index is -0.168. The van der Waals surface area contributed by atoms with E-state index in [2.05, 4.69) is 20.9 Å². The Bertz CT molecular complexity index is 456. The predicted octanol–water partition coefficient (Wildman–Crippen LogP) is 3.07. The van der Waals surface area contributed by atoms with E-state index in [1.165, 1.54) is 0 Å². The molecule has 2 N–H and O–H groups in total.